The van der Waals surface area contributed by atoms with Crippen LogP contribution in [0.5, 0.6) is 0 Å². The second-order valence-electron chi connectivity index (χ2n) is 5.23. The molecular weight excluding hydrogens is 282 g/mol. The number of aromatic nitrogens is 3. The lowest BCUT2D eigenvalue weighted by Gasteiger charge is -2.21. The standard InChI is InChI=1S/C15H17N5O2/c1-11-2-3-13(20-17-5-6-18-20)12(10-11)15(22)19-8-4-14(21)16-7-9-19/h2-3,5-6,10H,4,7-9H2,1H3,(H,16,21). The normalized spacial score (nSPS) is 15.3. The van der Waals surface area contributed by atoms with Gasteiger partial charge in [-0.2, -0.15) is 15.0 Å². The SMILES string of the molecule is Cc1ccc(-n2nccn2)c(C(=O)N2CCNC(=O)CC2)c1. The zero-order valence-electron chi connectivity index (χ0n) is 12.3. The van der Waals surface area contributed by atoms with Gasteiger partial charge in [0.2, 0.25) is 5.91 Å². The molecule has 3 rings (SSSR count). The number of hydrogen-bond acceptors (Lipinski definition) is 4. The van der Waals surface area contributed by atoms with Crippen molar-refractivity contribution in [1.82, 2.24) is 25.2 Å². The molecule has 1 aromatic heterocycles. The van der Waals surface area contributed by atoms with Crippen LogP contribution in [0.1, 0.15) is 22.3 Å². The molecule has 0 saturated carbocycles. The number of nitrogens with one attached hydrogen (secondary N) is 1. The van der Waals surface area contributed by atoms with E-state index in [4.69, 9.17) is 0 Å². The van der Waals surface area contributed by atoms with E-state index >= 15 is 0 Å². The third kappa shape index (κ3) is 2.83. The Hall–Kier alpha value is -2.70. The van der Waals surface area contributed by atoms with E-state index in [1.54, 1.807) is 17.3 Å². The molecule has 0 radical (unpaired) electrons. The Kier molecular flexibility index (Phi) is 3.86. The minimum Gasteiger partial charge on any atom is -0.354 e. The summed E-state index contributed by atoms with van der Waals surface area (Å²) < 4.78 is 0. The van der Waals surface area contributed by atoms with E-state index in [1.165, 1.54) is 4.80 Å². The predicted octanol–water partition coefficient (Wildman–Crippen LogP) is 0.538. The summed E-state index contributed by atoms with van der Waals surface area (Å²) in [7, 11) is 0. The van der Waals surface area contributed by atoms with E-state index in [1.807, 2.05) is 25.1 Å². The fourth-order valence-corrected chi connectivity index (χ4v) is 2.48. The van der Waals surface area contributed by atoms with Gasteiger partial charge in [-0.25, -0.2) is 0 Å². The molecule has 1 fully saturated rings. The summed E-state index contributed by atoms with van der Waals surface area (Å²) in [6.45, 7) is 3.34. The fourth-order valence-electron chi connectivity index (χ4n) is 2.48. The first-order valence-corrected chi connectivity index (χ1v) is 7.18. The molecule has 1 aromatic carbocycles. The highest BCUT2D eigenvalue weighted by Crippen LogP contribution is 2.18. The number of rotatable bonds is 2. The van der Waals surface area contributed by atoms with Crippen molar-refractivity contribution in [2.24, 2.45) is 0 Å². The molecule has 1 aliphatic rings. The molecule has 0 unspecified atom stereocenters. The summed E-state index contributed by atoms with van der Waals surface area (Å²) in [6, 6.07) is 5.59. The lowest BCUT2D eigenvalue weighted by atomic mass is 10.1. The van der Waals surface area contributed by atoms with Crippen molar-refractivity contribution in [3.05, 3.63) is 41.7 Å². The lowest BCUT2D eigenvalue weighted by Crippen LogP contribution is -2.35. The summed E-state index contributed by atoms with van der Waals surface area (Å²) >= 11 is 0. The van der Waals surface area contributed by atoms with Crippen LogP contribution in [0.2, 0.25) is 0 Å². The van der Waals surface area contributed by atoms with E-state index in [0.717, 1.165) is 5.56 Å². The Balaban J connectivity index is 1.94. The molecule has 0 spiro atoms. The smallest absolute Gasteiger partial charge is 0.256 e. The van der Waals surface area contributed by atoms with Crippen molar-refractivity contribution in [3.63, 3.8) is 0 Å². The topological polar surface area (TPSA) is 80.1 Å². The van der Waals surface area contributed by atoms with Gasteiger partial charge in [-0.15, -0.1) is 0 Å². The van der Waals surface area contributed by atoms with Crippen LogP contribution in [0.25, 0.3) is 5.69 Å². The highest BCUT2D eigenvalue weighted by atomic mass is 16.2. The lowest BCUT2D eigenvalue weighted by molar-refractivity contribution is -0.120. The van der Waals surface area contributed by atoms with E-state index in [9.17, 15) is 9.59 Å². The van der Waals surface area contributed by atoms with Gasteiger partial charge in [0.1, 0.15) is 0 Å². The molecule has 0 bridgehead atoms. The van der Waals surface area contributed by atoms with Gasteiger partial charge in [0.15, 0.2) is 0 Å². The number of nitrogens with zero attached hydrogens (tertiary/aromatic N) is 4. The number of amides is 2. The summed E-state index contributed by atoms with van der Waals surface area (Å²) in [5.74, 6) is -0.124. The van der Waals surface area contributed by atoms with Crippen molar-refractivity contribution < 1.29 is 9.59 Å². The molecule has 0 aliphatic carbocycles. The van der Waals surface area contributed by atoms with Crippen LogP contribution in [0.3, 0.4) is 0 Å². The fraction of sp³-hybridized carbons (Fsp3) is 0.333. The number of carbonyl (C=O) groups is 2. The summed E-state index contributed by atoms with van der Waals surface area (Å²) in [5.41, 5.74) is 2.18. The zero-order chi connectivity index (χ0) is 15.5. The first-order chi connectivity index (χ1) is 10.6. The van der Waals surface area contributed by atoms with Crippen molar-refractivity contribution in [2.45, 2.75) is 13.3 Å². The van der Waals surface area contributed by atoms with Gasteiger partial charge in [0.25, 0.3) is 5.91 Å². The maximum Gasteiger partial charge on any atom is 0.256 e. The van der Waals surface area contributed by atoms with Crippen LogP contribution >= 0.6 is 0 Å². The Morgan fingerprint density at radius 2 is 2.00 bits per heavy atom. The van der Waals surface area contributed by atoms with Crippen molar-refractivity contribution in [1.29, 1.82) is 0 Å². The van der Waals surface area contributed by atoms with E-state index < -0.39 is 0 Å². The van der Waals surface area contributed by atoms with Crippen LogP contribution in [-0.4, -0.2) is 51.3 Å². The summed E-state index contributed by atoms with van der Waals surface area (Å²) in [6.07, 6.45) is 3.47. The Labute approximate surface area is 127 Å². The predicted molar refractivity (Wildman–Crippen MR) is 79.6 cm³/mol. The molecule has 114 valence electrons. The monoisotopic (exact) mass is 299 g/mol. The Bertz CT molecular complexity index is 696. The average Bonchev–Trinajstić information content (AvgIpc) is 2.95. The quantitative estimate of drug-likeness (QED) is 0.877. The van der Waals surface area contributed by atoms with Crippen molar-refractivity contribution in [3.8, 4) is 5.69 Å². The van der Waals surface area contributed by atoms with Crippen molar-refractivity contribution in [2.75, 3.05) is 19.6 Å². The van der Waals surface area contributed by atoms with Gasteiger partial charge >= 0.3 is 0 Å². The highest BCUT2D eigenvalue weighted by molar-refractivity contribution is 5.98. The molecule has 1 N–H and O–H groups in total. The Morgan fingerprint density at radius 1 is 1.23 bits per heavy atom. The summed E-state index contributed by atoms with van der Waals surface area (Å²) in [4.78, 5) is 27.4. The third-order valence-corrected chi connectivity index (χ3v) is 3.62. The first kappa shape index (κ1) is 14.2. The molecule has 7 heteroatoms. The number of benzene rings is 1. The zero-order valence-corrected chi connectivity index (χ0v) is 12.3. The molecule has 1 saturated heterocycles. The molecule has 2 heterocycles. The molecule has 7 nitrogen and oxygen atoms in total. The van der Waals surface area contributed by atoms with Gasteiger partial charge in [-0.3, -0.25) is 9.59 Å². The van der Waals surface area contributed by atoms with Crippen LogP contribution in [0.4, 0.5) is 0 Å². The molecule has 0 atom stereocenters. The highest BCUT2D eigenvalue weighted by Gasteiger charge is 2.23. The van der Waals surface area contributed by atoms with E-state index in [0.29, 0.717) is 37.3 Å². The average molecular weight is 299 g/mol. The van der Waals surface area contributed by atoms with E-state index in [-0.39, 0.29) is 11.8 Å². The van der Waals surface area contributed by atoms with Gasteiger partial charge in [0, 0.05) is 26.1 Å². The maximum atomic E-state index is 12.8. The van der Waals surface area contributed by atoms with Gasteiger partial charge in [-0.1, -0.05) is 11.6 Å². The molecular formula is C15H17N5O2. The number of aryl methyl sites for hydroxylation is 1. The molecule has 2 amide bonds. The number of carbonyl (C=O) groups excluding carboxylic acids is 2. The maximum absolute atomic E-state index is 12.8. The molecule has 2 aromatic rings. The van der Waals surface area contributed by atoms with Gasteiger partial charge < -0.3 is 10.2 Å². The van der Waals surface area contributed by atoms with Crippen LogP contribution < -0.4 is 5.32 Å². The second-order valence-corrected chi connectivity index (χ2v) is 5.23. The van der Waals surface area contributed by atoms with E-state index in [2.05, 4.69) is 15.5 Å². The minimum atomic E-state index is -0.104. The third-order valence-electron chi connectivity index (χ3n) is 3.62. The van der Waals surface area contributed by atoms with Crippen molar-refractivity contribution >= 4 is 11.8 Å². The van der Waals surface area contributed by atoms with Crippen LogP contribution in [0, 0.1) is 6.92 Å². The molecule has 22 heavy (non-hydrogen) atoms. The van der Waals surface area contributed by atoms with Crippen LogP contribution in [0.15, 0.2) is 30.6 Å². The Morgan fingerprint density at radius 3 is 2.77 bits per heavy atom. The second kappa shape index (κ2) is 5.97. The van der Waals surface area contributed by atoms with Gasteiger partial charge in [0.05, 0.1) is 23.6 Å². The largest absolute Gasteiger partial charge is 0.354 e. The first-order valence-electron chi connectivity index (χ1n) is 7.18. The summed E-state index contributed by atoms with van der Waals surface area (Å²) in [5, 5.41) is 11.0. The number of hydrogen-bond donors (Lipinski definition) is 1. The minimum absolute atomic E-state index is 0.0199. The van der Waals surface area contributed by atoms with Crippen LogP contribution in [-0.2, 0) is 4.79 Å². The molecule has 1 aliphatic heterocycles. The van der Waals surface area contributed by atoms with Gasteiger partial charge in [-0.05, 0) is 19.1 Å².